The minimum atomic E-state index is 0.0432. The van der Waals surface area contributed by atoms with Crippen LogP contribution in [0.2, 0.25) is 0 Å². The zero-order valence-electron chi connectivity index (χ0n) is 13.0. The third-order valence-corrected chi connectivity index (χ3v) is 4.54. The Morgan fingerprint density at radius 2 is 1.74 bits per heavy atom. The largest absolute Gasteiger partial charge is 0.365 e. The number of nitrogens with zero attached hydrogens (tertiary/aromatic N) is 1. The van der Waals surface area contributed by atoms with Crippen LogP contribution < -0.4 is 10.6 Å². The van der Waals surface area contributed by atoms with Gasteiger partial charge in [0.2, 0.25) is 0 Å². The van der Waals surface area contributed by atoms with E-state index >= 15 is 0 Å². The van der Waals surface area contributed by atoms with E-state index in [1.54, 1.807) is 0 Å². The average Bonchev–Trinajstić information content (AvgIpc) is 2.32. The van der Waals surface area contributed by atoms with Gasteiger partial charge in [-0.25, -0.2) is 0 Å². The van der Waals surface area contributed by atoms with Gasteiger partial charge in [0, 0.05) is 23.8 Å². The summed E-state index contributed by atoms with van der Waals surface area (Å²) in [5.74, 6) is 0. The molecule has 0 saturated carbocycles. The van der Waals surface area contributed by atoms with Gasteiger partial charge in [0.05, 0.1) is 0 Å². The maximum Gasteiger partial charge on any atom is 0.0496 e. The summed E-state index contributed by atoms with van der Waals surface area (Å²) in [7, 11) is 0. The van der Waals surface area contributed by atoms with E-state index in [9.17, 15) is 0 Å². The highest BCUT2D eigenvalue weighted by Gasteiger charge is 2.36. The lowest BCUT2D eigenvalue weighted by Gasteiger charge is -2.48. The molecule has 1 saturated heterocycles. The Morgan fingerprint density at radius 1 is 1.16 bits per heavy atom. The molecule has 0 amide bonds. The highest BCUT2D eigenvalue weighted by atomic mass is 15.2. The number of nitrogens with two attached hydrogens (primary N) is 1. The molecule has 1 aliphatic heterocycles. The Labute approximate surface area is 118 Å². The van der Waals surface area contributed by atoms with Crippen LogP contribution in [0, 0.1) is 0 Å². The van der Waals surface area contributed by atoms with Crippen LogP contribution >= 0.6 is 0 Å². The van der Waals surface area contributed by atoms with Crippen molar-refractivity contribution in [2.45, 2.75) is 64.5 Å². The number of anilines is 1. The molecule has 1 heterocycles. The van der Waals surface area contributed by atoms with E-state index in [4.69, 9.17) is 5.73 Å². The first kappa shape index (κ1) is 14.4. The smallest absolute Gasteiger partial charge is 0.0496 e. The summed E-state index contributed by atoms with van der Waals surface area (Å²) in [6, 6.07) is 9.27. The predicted octanol–water partition coefficient (Wildman–Crippen LogP) is 3.69. The zero-order valence-corrected chi connectivity index (χ0v) is 13.0. The fourth-order valence-corrected chi connectivity index (χ4v) is 2.91. The third-order valence-electron chi connectivity index (χ3n) is 4.54. The van der Waals surface area contributed by atoms with E-state index in [0.717, 1.165) is 13.0 Å². The SMILES string of the molecule is CC(C)(C)c1ccc(N2CCCC(N)C2(C)C)cc1. The van der Waals surface area contributed by atoms with Gasteiger partial charge in [-0.15, -0.1) is 0 Å². The van der Waals surface area contributed by atoms with Crippen molar-refractivity contribution in [1.29, 1.82) is 0 Å². The summed E-state index contributed by atoms with van der Waals surface area (Å²) < 4.78 is 0. The van der Waals surface area contributed by atoms with Gasteiger partial charge >= 0.3 is 0 Å². The maximum atomic E-state index is 6.30. The van der Waals surface area contributed by atoms with Crippen LogP contribution in [-0.4, -0.2) is 18.1 Å². The van der Waals surface area contributed by atoms with E-state index < -0.39 is 0 Å². The topological polar surface area (TPSA) is 29.3 Å². The van der Waals surface area contributed by atoms with Crippen molar-refractivity contribution in [3.8, 4) is 0 Å². The molecule has 2 N–H and O–H groups in total. The van der Waals surface area contributed by atoms with Crippen LogP contribution in [0.1, 0.15) is 53.0 Å². The lowest BCUT2D eigenvalue weighted by Crippen LogP contribution is -2.59. The number of rotatable bonds is 1. The van der Waals surface area contributed by atoms with Crippen molar-refractivity contribution in [2.75, 3.05) is 11.4 Å². The standard InChI is InChI=1S/C17H28N2/c1-16(2,3)13-8-10-14(11-9-13)19-12-6-7-15(18)17(19,4)5/h8-11,15H,6-7,12,18H2,1-5H3. The van der Waals surface area contributed by atoms with Gasteiger partial charge in [-0.1, -0.05) is 32.9 Å². The quantitative estimate of drug-likeness (QED) is 0.834. The number of hydrogen-bond acceptors (Lipinski definition) is 2. The van der Waals surface area contributed by atoms with Gasteiger partial charge in [0.1, 0.15) is 0 Å². The average molecular weight is 260 g/mol. The monoisotopic (exact) mass is 260 g/mol. The summed E-state index contributed by atoms with van der Waals surface area (Å²) in [6.07, 6.45) is 2.31. The van der Waals surface area contributed by atoms with Crippen LogP contribution in [0.15, 0.2) is 24.3 Å². The van der Waals surface area contributed by atoms with E-state index in [-0.39, 0.29) is 17.0 Å². The molecule has 106 valence electrons. The summed E-state index contributed by atoms with van der Waals surface area (Å²) in [6.45, 7) is 12.4. The fourth-order valence-electron chi connectivity index (χ4n) is 2.91. The molecule has 0 bridgehead atoms. The summed E-state index contributed by atoms with van der Waals surface area (Å²) in [4.78, 5) is 2.47. The number of benzene rings is 1. The van der Waals surface area contributed by atoms with E-state index in [1.165, 1.54) is 17.7 Å². The normalized spacial score (nSPS) is 23.5. The van der Waals surface area contributed by atoms with E-state index in [1.807, 2.05) is 0 Å². The molecule has 0 aromatic heterocycles. The van der Waals surface area contributed by atoms with Gasteiger partial charge < -0.3 is 10.6 Å². The molecule has 1 aromatic carbocycles. The van der Waals surface area contributed by atoms with E-state index in [0.29, 0.717) is 0 Å². The lowest BCUT2D eigenvalue weighted by molar-refractivity contribution is 0.310. The lowest BCUT2D eigenvalue weighted by atomic mass is 9.84. The van der Waals surface area contributed by atoms with Gasteiger partial charge in [-0.05, 0) is 49.8 Å². The molecule has 19 heavy (non-hydrogen) atoms. The molecule has 1 unspecified atom stereocenters. The first-order valence-electron chi connectivity index (χ1n) is 7.37. The van der Waals surface area contributed by atoms with Crippen LogP contribution in [0.25, 0.3) is 0 Å². The second-order valence-electron chi connectivity index (χ2n) is 7.35. The first-order valence-corrected chi connectivity index (χ1v) is 7.37. The molecule has 1 atom stereocenters. The molecule has 2 rings (SSSR count). The molecule has 2 heteroatoms. The molecule has 0 radical (unpaired) electrons. The van der Waals surface area contributed by atoms with Crippen molar-refractivity contribution in [3.05, 3.63) is 29.8 Å². The Hall–Kier alpha value is -1.02. The Kier molecular flexibility index (Phi) is 3.65. The molecule has 1 aliphatic rings. The summed E-state index contributed by atoms with van der Waals surface area (Å²) in [5.41, 5.74) is 9.24. The zero-order chi connectivity index (χ0) is 14.3. The third kappa shape index (κ3) is 2.79. The first-order chi connectivity index (χ1) is 8.73. The van der Waals surface area contributed by atoms with Gasteiger partial charge in [-0.3, -0.25) is 0 Å². The molecule has 1 aromatic rings. The molecule has 0 aliphatic carbocycles. The molecule has 2 nitrogen and oxygen atoms in total. The van der Waals surface area contributed by atoms with Crippen LogP contribution in [-0.2, 0) is 5.41 Å². The van der Waals surface area contributed by atoms with Crippen molar-refractivity contribution >= 4 is 5.69 Å². The second kappa shape index (κ2) is 4.82. The fraction of sp³-hybridized carbons (Fsp3) is 0.647. The summed E-state index contributed by atoms with van der Waals surface area (Å²) >= 11 is 0. The summed E-state index contributed by atoms with van der Waals surface area (Å²) in [5, 5.41) is 0. The van der Waals surface area contributed by atoms with E-state index in [2.05, 4.69) is 63.8 Å². The van der Waals surface area contributed by atoms with Crippen molar-refractivity contribution < 1.29 is 0 Å². The molecular weight excluding hydrogens is 232 g/mol. The van der Waals surface area contributed by atoms with Gasteiger partial charge in [-0.2, -0.15) is 0 Å². The van der Waals surface area contributed by atoms with Crippen LogP contribution in [0.3, 0.4) is 0 Å². The van der Waals surface area contributed by atoms with Crippen molar-refractivity contribution in [3.63, 3.8) is 0 Å². The highest BCUT2D eigenvalue weighted by Crippen LogP contribution is 2.33. The minimum Gasteiger partial charge on any atom is -0.365 e. The van der Waals surface area contributed by atoms with Gasteiger partial charge in [0.15, 0.2) is 0 Å². The van der Waals surface area contributed by atoms with Crippen molar-refractivity contribution in [1.82, 2.24) is 0 Å². The minimum absolute atomic E-state index is 0.0432. The number of piperidine rings is 1. The number of hydrogen-bond donors (Lipinski definition) is 1. The Bertz CT molecular complexity index is 426. The Morgan fingerprint density at radius 3 is 2.26 bits per heavy atom. The van der Waals surface area contributed by atoms with Gasteiger partial charge in [0.25, 0.3) is 0 Å². The van der Waals surface area contributed by atoms with Crippen LogP contribution in [0.4, 0.5) is 5.69 Å². The Balaban J connectivity index is 2.27. The maximum absolute atomic E-state index is 6.30. The predicted molar refractivity (Wildman–Crippen MR) is 83.8 cm³/mol. The van der Waals surface area contributed by atoms with Crippen LogP contribution in [0.5, 0.6) is 0 Å². The molecule has 0 spiro atoms. The second-order valence-corrected chi connectivity index (χ2v) is 7.35. The highest BCUT2D eigenvalue weighted by molar-refractivity contribution is 5.51. The molecular formula is C17H28N2. The molecule has 1 fully saturated rings. The van der Waals surface area contributed by atoms with Crippen molar-refractivity contribution in [2.24, 2.45) is 5.73 Å².